The SMILES string of the molecule is C=CCCCCCC(=O)N1CCCCCC1=O. The summed E-state index contributed by atoms with van der Waals surface area (Å²) in [5.74, 6) is 0.0501. The van der Waals surface area contributed by atoms with Gasteiger partial charge >= 0.3 is 0 Å². The molecule has 0 atom stereocenters. The average Bonchev–Trinajstić information content (AvgIpc) is 2.53. The molecule has 96 valence electrons. The van der Waals surface area contributed by atoms with Crippen LogP contribution in [0.5, 0.6) is 0 Å². The number of unbranched alkanes of at least 4 members (excludes halogenated alkanes) is 3. The van der Waals surface area contributed by atoms with Gasteiger partial charge in [0.1, 0.15) is 0 Å². The molecule has 0 unspecified atom stereocenters. The molecule has 3 nitrogen and oxygen atoms in total. The first-order valence-electron chi connectivity index (χ1n) is 6.70. The highest BCUT2D eigenvalue weighted by Crippen LogP contribution is 2.13. The summed E-state index contributed by atoms with van der Waals surface area (Å²) in [6.45, 7) is 4.30. The Bertz CT molecular complexity index is 273. The molecule has 0 bridgehead atoms. The van der Waals surface area contributed by atoms with Crippen molar-refractivity contribution in [1.82, 2.24) is 4.90 Å². The third-order valence-corrected chi connectivity index (χ3v) is 3.17. The summed E-state index contributed by atoms with van der Waals surface area (Å²) < 4.78 is 0. The van der Waals surface area contributed by atoms with Crippen LogP contribution in [0.25, 0.3) is 0 Å². The predicted octanol–water partition coefficient (Wildman–Crippen LogP) is 3.05. The maximum absolute atomic E-state index is 11.9. The summed E-state index contributed by atoms with van der Waals surface area (Å²) in [4.78, 5) is 25.0. The van der Waals surface area contributed by atoms with E-state index in [2.05, 4.69) is 6.58 Å². The number of carbonyl (C=O) groups excluding carboxylic acids is 2. The fourth-order valence-corrected chi connectivity index (χ4v) is 2.12. The van der Waals surface area contributed by atoms with Crippen LogP contribution in [-0.2, 0) is 9.59 Å². The number of carbonyl (C=O) groups is 2. The van der Waals surface area contributed by atoms with Crippen LogP contribution in [0, 0.1) is 0 Å². The summed E-state index contributed by atoms with van der Waals surface area (Å²) in [6.07, 6.45) is 9.95. The maximum atomic E-state index is 11.9. The van der Waals surface area contributed by atoms with Crippen molar-refractivity contribution in [3.8, 4) is 0 Å². The van der Waals surface area contributed by atoms with Gasteiger partial charge in [-0.15, -0.1) is 6.58 Å². The molecule has 2 amide bonds. The summed E-state index contributed by atoms with van der Waals surface area (Å²) in [5, 5.41) is 0. The minimum atomic E-state index is 0.0236. The molecule has 1 heterocycles. The molecule has 0 aromatic heterocycles. The second-order valence-electron chi connectivity index (χ2n) is 4.64. The van der Waals surface area contributed by atoms with Gasteiger partial charge in [-0.3, -0.25) is 14.5 Å². The topological polar surface area (TPSA) is 37.4 Å². The van der Waals surface area contributed by atoms with Crippen LogP contribution >= 0.6 is 0 Å². The van der Waals surface area contributed by atoms with E-state index in [0.717, 1.165) is 44.9 Å². The zero-order chi connectivity index (χ0) is 12.5. The van der Waals surface area contributed by atoms with Crippen LogP contribution in [0.1, 0.15) is 57.8 Å². The Morgan fingerprint density at radius 1 is 1.24 bits per heavy atom. The van der Waals surface area contributed by atoms with Crippen molar-refractivity contribution in [2.24, 2.45) is 0 Å². The maximum Gasteiger partial charge on any atom is 0.229 e. The molecule has 1 fully saturated rings. The second-order valence-corrected chi connectivity index (χ2v) is 4.64. The molecule has 1 saturated heterocycles. The molecule has 0 aliphatic carbocycles. The van der Waals surface area contributed by atoms with E-state index in [1.807, 2.05) is 6.08 Å². The van der Waals surface area contributed by atoms with E-state index in [1.54, 1.807) is 0 Å². The normalized spacial score (nSPS) is 16.7. The highest BCUT2D eigenvalue weighted by Gasteiger charge is 2.22. The fourth-order valence-electron chi connectivity index (χ4n) is 2.12. The number of allylic oxidation sites excluding steroid dienone is 1. The molecule has 0 aromatic rings. The Labute approximate surface area is 104 Å². The van der Waals surface area contributed by atoms with Gasteiger partial charge in [0, 0.05) is 19.4 Å². The number of hydrogen-bond donors (Lipinski definition) is 0. The number of amides is 2. The van der Waals surface area contributed by atoms with Gasteiger partial charge in [-0.05, 0) is 32.1 Å². The summed E-state index contributed by atoms with van der Waals surface area (Å²) in [6, 6.07) is 0. The number of hydrogen-bond acceptors (Lipinski definition) is 2. The Kier molecular flexibility index (Phi) is 6.60. The molecule has 0 N–H and O–H groups in total. The van der Waals surface area contributed by atoms with Gasteiger partial charge in [0.2, 0.25) is 11.8 Å². The molecule has 0 radical (unpaired) electrons. The lowest BCUT2D eigenvalue weighted by Gasteiger charge is -2.18. The molecule has 17 heavy (non-hydrogen) atoms. The van der Waals surface area contributed by atoms with E-state index in [-0.39, 0.29) is 11.8 Å². The van der Waals surface area contributed by atoms with Gasteiger partial charge in [-0.25, -0.2) is 0 Å². The molecule has 1 aliphatic heterocycles. The molecule has 1 rings (SSSR count). The lowest BCUT2D eigenvalue weighted by atomic mass is 10.1. The smallest absolute Gasteiger partial charge is 0.229 e. The number of imide groups is 1. The molecule has 0 aromatic carbocycles. The first kappa shape index (κ1) is 13.9. The van der Waals surface area contributed by atoms with E-state index in [9.17, 15) is 9.59 Å². The van der Waals surface area contributed by atoms with Crippen LogP contribution in [0.15, 0.2) is 12.7 Å². The molecule has 0 saturated carbocycles. The van der Waals surface area contributed by atoms with Crippen LogP contribution in [0.2, 0.25) is 0 Å². The lowest BCUT2D eigenvalue weighted by Crippen LogP contribution is -2.36. The van der Waals surface area contributed by atoms with Crippen LogP contribution < -0.4 is 0 Å². The summed E-state index contributed by atoms with van der Waals surface area (Å²) in [7, 11) is 0. The standard InChI is InChI=1S/C14H23NO2/c1-2-3-4-5-7-10-13(16)15-12-9-6-8-11-14(15)17/h2H,1,3-12H2. The van der Waals surface area contributed by atoms with Crippen molar-refractivity contribution in [1.29, 1.82) is 0 Å². The van der Waals surface area contributed by atoms with Crippen LogP contribution in [0.4, 0.5) is 0 Å². The fraction of sp³-hybridized carbons (Fsp3) is 0.714. The average molecular weight is 237 g/mol. The largest absolute Gasteiger partial charge is 0.283 e. The number of likely N-dealkylation sites (tertiary alicyclic amines) is 1. The van der Waals surface area contributed by atoms with Crippen molar-refractivity contribution in [2.45, 2.75) is 57.8 Å². The van der Waals surface area contributed by atoms with Crippen molar-refractivity contribution < 1.29 is 9.59 Å². The zero-order valence-electron chi connectivity index (χ0n) is 10.6. The van der Waals surface area contributed by atoms with Crippen LogP contribution in [-0.4, -0.2) is 23.3 Å². The van der Waals surface area contributed by atoms with Crippen molar-refractivity contribution in [2.75, 3.05) is 6.54 Å². The second kappa shape index (κ2) is 8.04. The summed E-state index contributed by atoms with van der Waals surface area (Å²) in [5.41, 5.74) is 0. The van der Waals surface area contributed by atoms with Gasteiger partial charge in [0.05, 0.1) is 0 Å². The Morgan fingerprint density at radius 3 is 2.82 bits per heavy atom. The van der Waals surface area contributed by atoms with E-state index < -0.39 is 0 Å². The quantitative estimate of drug-likeness (QED) is 0.526. The molecule has 0 spiro atoms. The van der Waals surface area contributed by atoms with E-state index >= 15 is 0 Å². The van der Waals surface area contributed by atoms with Crippen molar-refractivity contribution in [3.63, 3.8) is 0 Å². The van der Waals surface area contributed by atoms with Gasteiger partial charge in [-0.1, -0.05) is 18.9 Å². The minimum Gasteiger partial charge on any atom is -0.283 e. The highest BCUT2D eigenvalue weighted by molar-refractivity contribution is 5.95. The third kappa shape index (κ3) is 5.16. The van der Waals surface area contributed by atoms with Crippen molar-refractivity contribution >= 4 is 11.8 Å². The van der Waals surface area contributed by atoms with E-state index in [4.69, 9.17) is 0 Å². The Morgan fingerprint density at radius 2 is 2.06 bits per heavy atom. The van der Waals surface area contributed by atoms with Crippen LogP contribution in [0.3, 0.4) is 0 Å². The lowest BCUT2D eigenvalue weighted by molar-refractivity contribution is -0.144. The van der Waals surface area contributed by atoms with Crippen molar-refractivity contribution in [3.05, 3.63) is 12.7 Å². The van der Waals surface area contributed by atoms with E-state index in [1.165, 1.54) is 4.90 Å². The molecular formula is C14H23NO2. The monoisotopic (exact) mass is 237 g/mol. The number of nitrogens with zero attached hydrogens (tertiary/aromatic N) is 1. The minimum absolute atomic E-state index is 0.0236. The van der Waals surface area contributed by atoms with Gasteiger partial charge in [-0.2, -0.15) is 0 Å². The predicted molar refractivity (Wildman–Crippen MR) is 68.5 cm³/mol. The molecule has 3 heteroatoms. The van der Waals surface area contributed by atoms with Gasteiger partial charge in [0.15, 0.2) is 0 Å². The zero-order valence-corrected chi connectivity index (χ0v) is 10.6. The van der Waals surface area contributed by atoms with E-state index in [0.29, 0.717) is 19.4 Å². The third-order valence-electron chi connectivity index (χ3n) is 3.17. The first-order chi connectivity index (χ1) is 8.25. The summed E-state index contributed by atoms with van der Waals surface area (Å²) >= 11 is 0. The highest BCUT2D eigenvalue weighted by atomic mass is 16.2. The van der Waals surface area contributed by atoms with Gasteiger partial charge in [0.25, 0.3) is 0 Å². The Balaban J connectivity index is 2.25. The first-order valence-corrected chi connectivity index (χ1v) is 6.70. The molecular weight excluding hydrogens is 214 g/mol. The molecule has 1 aliphatic rings. The van der Waals surface area contributed by atoms with Gasteiger partial charge < -0.3 is 0 Å². The number of rotatable bonds is 6. The Hall–Kier alpha value is -1.12.